The van der Waals surface area contributed by atoms with Crippen molar-refractivity contribution in [1.29, 1.82) is 0 Å². The second-order valence-corrected chi connectivity index (χ2v) is 7.85. The van der Waals surface area contributed by atoms with Gasteiger partial charge < -0.3 is 0 Å². The van der Waals surface area contributed by atoms with Crippen LogP contribution in [-0.4, -0.2) is 21.7 Å². The first-order valence-corrected chi connectivity index (χ1v) is 9.71. The first-order valence-electron chi connectivity index (χ1n) is 8.49. The van der Waals surface area contributed by atoms with Gasteiger partial charge in [0.05, 0.1) is 4.91 Å². The summed E-state index contributed by atoms with van der Waals surface area (Å²) in [4.78, 5) is 15.2. The Balaban J connectivity index is 1.52. The van der Waals surface area contributed by atoms with Crippen molar-refractivity contribution in [3.63, 3.8) is 0 Å². The van der Waals surface area contributed by atoms with E-state index >= 15 is 0 Å². The molecule has 0 bridgehead atoms. The summed E-state index contributed by atoms with van der Waals surface area (Å²) in [5.41, 5.74) is 2.23. The third kappa shape index (κ3) is 3.57. The summed E-state index contributed by atoms with van der Waals surface area (Å²) in [6.45, 7) is 0.615. The van der Waals surface area contributed by atoms with E-state index in [1.54, 1.807) is 4.90 Å². The fourth-order valence-electron chi connectivity index (χ4n) is 3.03. The summed E-state index contributed by atoms with van der Waals surface area (Å²) in [6, 6.07) is 24.6. The van der Waals surface area contributed by atoms with Crippen LogP contribution in [0.5, 0.6) is 0 Å². The molecular formula is C22H17NOS2. The summed E-state index contributed by atoms with van der Waals surface area (Å²) in [6.07, 6.45) is 2.74. The average molecular weight is 376 g/mol. The minimum absolute atomic E-state index is 0.00379. The Morgan fingerprint density at radius 2 is 1.65 bits per heavy atom. The molecule has 1 amide bonds. The Morgan fingerprint density at radius 3 is 2.46 bits per heavy atom. The number of nitrogens with zero attached hydrogens (tertiary/aromatic N) is 1. The minimum atomic E-state index is 0.00379. The summed E-state index contributed by atoms with van der Waals surface area (Å²) >= 11 is 6.82. The Hall–Kier alpha value is -2.43. The molecule has 0 aromatic heterocycles. The number of thiocarbonyl (C=S) groups is 1. The van der Waals surface area contributed by atoms with Gasteiger partial charge in [-0.05, 0) is 40.5 Å². The monoisotopic (exact) mass is 375 g/mol. The molecule has 4 rings (SSSR count). The first kappa shape index (κ1) is 17.0. The van der Waals surface area contributed by atoms with Gasteiger partial charge in [-0.3, -0.25) is 9.69 Å². The van der Waals surface area contributed by atoms with E-state index in [4.69, 9.17) is 12.2 Å². The predicted octanol–water partition coefficient (Wildman–Crippen LogP) is 5.28. The lowest BCUT2D eigenvalue weighted by atomic mass is 10.1. The SMILES string of the molecule is O=C1/C(=C/c2ccc3ccccc3c2)SC(=S)N1CCc1ccccc1. The topological polar surface area (TPSA) is 20.3 Å². The van der Waals surface area contributed by atoms with Crippen LogP contribution in [0.1, 0.15) is 11.1 Å². The molecule has 1 saturated heterocycles. The average Bonchev–Trinajstić information content (AvgIpc) is 2.94. The van der Waals surface area contributed by atoms with E-state index in [-0.39, 0.29) is 5.91 Å². The third-order valence-corrected chi connectivity index (χ3v) is 5.79. The van der Waals surface area contributed by atoms with Crippen LogP contribution in [0.2, 0.25) is 0 Å². The van der Waals surface area contributed by atoms with Crippen LogP contribution in [0, 0.1) is 0 Å². The highest BCUT2D eigenvalue weighted by atomic mass is 32.2. The van der Waals surface area contributed by atoms with Gasteiger partial charge in [-0.1, -0.05) is 90.7 Å². The highest BCUT2D eigenvalue weighted by molar-refractivity contribution is 8.26. The molecule has 1 heterocycles. The smallest absolute Gasteiger partial charge is 0.266 e. The summed E-state index contributed by atoms with van der Waals surface area (Å²) in [5.74, 6) is 0.00379. The number of carbonyl (C=O) groups is 1. The molecule has 0 N–H and O–H groups in total. The lowest BCUT2D eigenvalue weighted by Crippen LogP contribution is -2.30. The molecule has 0 atom stereocenters. The molecule has 26 heavy (non-hydrogen) atoms. The van der Waals surface area contributed by atoms with Gasteiger partial charge in [0.25, 0.3) is 5.91 Å². The van der Waals surface area contributed by atoms with Crippen molar-refractivity contribution in [2.75, 3.05) is 6.54 Å². The summed E-state index contributed by atoms with van der Waals surface area (Å²) in [7, 11) is 0. The van der Waals surface area contributed by atoms with Crippen LogP contribution in [0.4, 0.5) is 0 Å². The maximum absolute atomic E-state index is 12.8. The van der Waals surface area contributed by atoms with Crippen molar-refractivity contribution in [2.45, 2.75) is 6.42 Å². The Labute approximate surface area is 162 Å². The van der Waals surface area contributed by atoms with Gasteiger partial charge >= 0.3 is 0 Å². The van der Waals surface area contributed by atoms with Gasteiger partial charge in [-0.2, -0.15) is 0 Å². The van der Waals surface area contributed by atoms with Crippen molar-refractivity contribution < 1.29 is 4.79 Å². The molecule has 1 aliphatic heterocycles. The van der Waals surface area contributed by atoms with Gasteiger partial charge in [0.2, 0.25) is 0 Å². The van der Waals surface area contributed by atoms with Gasteiger partial charge in [0, 0.05) is 6.54 Å². The van der Waals surface area contributed by atoms with Crippen LogP contribution in [-0.2, 0) is 11.2 Å². The van der Waals surface area contributed by atoms with Crippen molar-refractivity contribution >= 4 is 51.1 Å². The molecule has 0 spiro atoms. The molecule has 3 aromatic rings. The van der Waals surface area contributed by atoms with Crippen LogP contribution in [0.3, 0.4) is 0 Å². The van der Waals surface area contributed by atoms with Crippen LogP contribution in [0.15, 0.2) is 77.7 Å². The molecule has 4 heteroatoms. The molecule has 1 fully saturated rings. The fraction of sp³-hybridized carbons (Fsp3) is 0.0909. The maximum atomic E-state index is 12.8. The molecule has 0 saturated carbocycles. The minimum Gasteiger partial charge on any atom is -0.293 e. The van der Waals surface area contributed by atoms with E-state index in [2.05, 4.69) is 36.4 Å². The summed E-state index contributed by atoms with van der Waals surface area (Å²) in [5, 5.41) is 2.36. The zero-order valence-corrected chi connectivity index (χ0v) is 15.7. The highest BCUT2D eigenvalue weighted by Crippen LogP contribution is 2.33. The van der Waals surface area contributed by atoms with Gasteiger partial charge in [0.1, 0.15) is 4.32 Å². The Morgan fingerprint density at radius 1 is 0.923 bits per heavy atom. The van der Waals surface area contributed by atoms with E-state index in [0.29, 0.717) is 15.8 Å². The number of benzene rings is 3. The van der Waals surface area contributed by atoms with Crippen LogP contribution < -0.4 is 0 Å². The zero-order valence-electron chi connectivity index (χ0n) is 14.1. The number of thioether (sulfide) groups is 1. The molecular weight excluding hydrogens is 358 g/mol. The number of hydrogen-bond acceptors (Lipinski definition) is 3. The molecule has 2 nitrogen and oxygen atoms in total. The van der Waals surface area contributed by atoms with E-state index < -0.39 is 0 Å². The van der Waals surface area contributed by atoms with Crippen molar-refractivity contribution in [2.24, 2.45) is 0 Å². The molecule has 3 aromatic carbocycles. The number of rotatable bonds is 4. The normalized spacial score (nSPS) is 16.0. The largest absolute Gasteiger partial charge is 0.293 e. The van der Waals surface area contributed by atoms with Gasteiger partial charge in [-0.15, -0.1) is 0 Å². The second kappa shape index (κ2) is 7.44. The lowest BCUT2D eigenvalue weighted by Gasteiger charge is -2.14. The number of hydrogen-bond donors (Lipinski definition) is 0. The van der Waals surface area contributed by atoms with Gasteiger partial charge in [0.15, 0.2) is 0 Å². The standard InChI is InChI=1S/C22H17NOS2/c24-21-20(15-17-10-11-18-8-4-5-9-19(18)14-17)26-22(25)23(21)13-12-16-6-2-1-3-7-16/h1-11,14-15H,12-13H2/b20-15-. The maximum Gasteiger partial charge on any atom is 0.266 e. The molecule has 128 valence electrons. The lowest BCUT2D eigenvalue weighted by molar-refractivity contribution is -0.122. The number of carbonyl (C=O) groups excluding carboxylic acids is 1. The Kier molecular flexibility index (Phi) is 4.87. The fourth-order valence-corrected chi connectivity index (χ4v) is 4.34. The molecule has 1 aliphatic rings. The molecule has 0 aliphatic carbocycles. The van der Waals surface area contributed by atoms with Crippen LogP contribution in [0.25, 0.3) is 16.8 Å². The van der Waals surface area contributed by atoms with Crippen molar-refractivity contribution in [3.8, 4) is 0 Å². The quantitative estimate of drug-likeness (QED) is 0.457. The number of amides is 1. The van der Waals surface area contributed by atoms with E-state index in [1.165, 1.54) is 28.1 Å². The summed E-state index contributed by atoms with van der Waals surface area (Å²) < 4.78 is 0.637. The van der Waals surface area contributed by atoms with E-state index in [0.717, 1.165) is 12.0 Å². The third-order valence-electron chi connectivity index (χ3n) is 4.41. The number of fused-ring (bicyclic) bond motifs is 1. The predicted molar refractivity (Wildman–Crippen MR) is 114 cm³/mol. The first-order chi connectivity index (χ1) is 12.7. The van der Waals surface area contributed by atoms with E-state index in [9.17, 15) is 4.79 Å². The van der Waals surface area contributed by atoms with Crippen LogP contribution >= 0.6 is 24.0 Å². The van der Waals surface area contributed by atoms with Crippen molar-refractivity contribution in [1.82, 2.24) is 4.90 Å². The molecule has 0 radical (unpaired) electrons. The zero-order chi connectivity index (χ0) is 17.9. The van der Waals surface area contributed by atoms with Gasteiger partial charge in [-0.25, -0.2) is 0 Å². The second-order valence-electron chi connectivity index (χ2n) is 6.18. The van der Waals surface area contributed by atoms with E-state index in [1.807, 2.05) is 42.5 Å². The Bertz CT molecular complexity index is 1010. The highest BCUT2D eigenvalue weighted by Gasteiger charge is 2.31. The molecule has 0 unspecified atom stereocenters. The van der Waals surface area contributed by atoms with Crippen molar-refractivity contribution in [3.05, 3.63) is 88.8 Å².